The average molecular weight is 1050 g/mol. The van der Waals surface area contributed by atoms with Crippen LogP contribution in [0.15, 0.2) is 72.8 Å². The molecule has 428 valence electrons. The van der Waals surface area contributed by atoms with Crippen LogP contribution in [0.25, 0.3) is 43.1 Å². The van der Waals surface area contributed by atoms with Crippen molar-refractivity contribution in [2.24, 2.45) is 0 Å². The van der Waals surface area contributed by atoms with E-state index in [1.54, 1.807) is 16.7 Å². The molecule has 1 nitrogen and oxygen atoms in total. The van der Waals surface area contributed by atoms with Gasteiger partial charge in [-0.05, 0) is 135 Å². The number of aromatic hydroxyl groups is 1. The topological polar surface area (TPSA) is 20.2 Å². The van der Waals surface area contributed by atoms with Gasteiger partial charge in [0.25, 0.3) is 0 Å². The van der Waals surface area contributed by atoms with Crippen molar-refractivity contribution in [1.82, 2.24) is 0 Å². The molecule has 0 saturated heterocycles. The lowest BCUT2D eigenvalue weighted by Crippen LogP contribution is -2.11. The van der Waals surface area contributed by atoms with E-state index >= 15 is 0 Å². The second kappa shape index (κ2) is 40.6. The van der Waals surface area contributed by atoms with E-state index in [-0.39, 0.29) is 0 Å². The fourth-order valence-electron chi connectivity index (χ4n) is 13.2. The monoisotopic (exact) mass is 1050 g/mol. The van der Waals surface area contributed by atoms with E-state index in [0.29, 0.717) is 0 Å². The first-order valence-corrected chi connectivity index (χ1v) is 34.0. The molecule has 6 aromatic rings. The third-order valence-corrected chi connectivity index (χ3v) is 17.8. The van der Waals surface area contributed by atoms with Crippen molar-refractivity contribution >= 4 is 43.1 Å². The van der Waals surface area contributed by atoms with Crippen molar-refractivity contribution in [3.63, 3.8) is 0 Å². The molecule has 0 radical (unpaired) electrons. The van der Waals surface area contributed by atoms with Gasteiger partial charge in [0, 0.05) is 0 Å². The van der Waals surface area contributed by atoms with Crippen LogP contribution < -0.4 is 0 Å². The zero-order chi connectivity index (χ0) is 54.4. The Labute approximate surface area is 475 Å². The minimum atomic E-state index is 0.768. The van der Waals surface area contributed by atoms with Crippen LogP contribution in [-0.4, -0.2) is 5.11 Å². The molecule has 0 amide bonds. The minimum Gasteiger partial charge on any atom is -0.507 e. The quantitative estimate of drug-likeness (QED) is 0.0230. The zero-order valence-corrected chi connectivity index (χ0v) is 51.2. The van der Waals surface area contributed by atoms with Crippen LogP contribution in [0.1, 0.15) is 319 Å². The van der Waals surface area contributed by atoms with Crippen molar-refractivity contribution in [2.75, 3.05) is 0 Å². The lowest BCUT2D eigenvalue weighted by molar-refractivity contribution is 0.452. The standard InChI is InChI=1S/C56H106O.C20H12/c1-6-11-16-21-26-31-36-41-46-51-52(47-42-37-32-27-22-17-12-7-2)54(49-44-39-34-29-24-19-14-9-4)56(57)55(50-45-40-35-30-25-20-15-10-5)53(51)48-43-38-33-28-23-18-13-8-3;1-5-13-6-2-11-17-18-12-4-8-14-7-3-10-16(20(14)18)15(9-1)19(13)17/h57H,6-50H2,1-5H3;1-12H. The molecule has 0 aliphatic rings. The molecule has 0 saturated carbocycles. The number of benzene rings is 6. The summed E-state index contributed by atoms with van der Waals surface area (Å²) in [7, 11) is 0. The molecule has 6 rings (SSSR count). The summed E-state index contributed by atoms with van der Waals surface area (Å²) in [5.74, 6) is 0.768. The molecule has 77 heavy (non-hydrogen) atoms. The van der Waals surface area contributed by atoms with Crippen LogP contribution in [0.5, 0.6) is 5.75 Å². The maximum Gasteiger partial charge on any atom is 0.122 e. The summed E-state index contributed by atoms with van der Waals surface area (Å²) in [6, 6.07) is 26.4. The Morgan fingerprint density at radius 2 is 0.403 bits per heavy atom. The zero-order valence-electron chi connectivity index (χ0n) is 51.2. The van der Waals surface area contributed by atoms with Crippen LogP contribution in [0.2, 0.25) is 0 Å². The van der Waals surface area contributed by atoms with Crippen molar-refractivity contribution in [3.8, 4) is 5.75 Å². The number of phenols is 1. The van der Waals surface area contributed by atoms with Gasteiger partial charge < -0.3 is 5.11 Å². The maximum absolute atomic E-state index is 12.5. The fourth-order valence-corrected chi connectivity index (χ4v) is 13.2. The van der Waals surface area contributed by atoms with Crippen LogP contribution in [0.4, 0.5) is 0 Å². The first-order chi connectivity index (χ1) is 38.1. The van der Waals surface area contributed by atoms with E-state index in [2.05, 4.69) is 107 Å². The molecule has 0 spiro atoms. The van der Waals surface area contributed by atoms with Gasteiger partial charge in [-0.3, -0.25) is 0 Å². The molecular weight excluding hydrogens is 929 g/mol. The number of rotatable bonds is 45. The molecule has 1 heteroatoms. The lowest BCUT2D eigenvalue weighted by atomic mass is 9.80. The van der Waals surface area contributed by atoms with E-state index in [4.69, 9.17) is 0 Å². The molecular formula is C76H118O. The Balaban J connectivity index is 0.000000442. The highest BCUT2D eigenvalue weighted by atomic mass is 16.3. The van der Waals surface area contributed by atoms with Gasteiger partial charge in [0.2, 0.25) is 0 Å². The summed E-state index contributed by atoms with van der Waals surface area (Å²) < 4.78 is 0. The molecule has 1 N–H and O–H groups in total. The van der Waals surface area contributed by atoms with E-state index in [0.717, 1.165) is 18.6 Å². The van der Waals surface area contributed by atoms with Gasteiger partial charge in [-0.25, -0.2) is 0 Å². The van der Waals surface area contributed by atoms with Gasteiger partial charge in [0.1, 0.15) is 5.75 Å². The molecule has 0 fully saturated rings. The Bertz CT molecular complexity index is 2160. The van der Waals surface area contributed by atoms with Crippen LogP contribution >= 0.6 is 0 Å². The Kier molecular flexibility index (Phi) is 33.8. The van der Waals surface area contributed by atoms with Crippen LogP contribution in [-0.2, 0) is 32.1 Å². The lowest BCUT2D eigenvalue weighted by Gasteiger charge is -2.25. The Morgan fingerprint density at radius 1 is 0.221 bits per heavy atom. The van der Waals surface area contributed by atoms with E-state index < -0.39 is 0 Å². The second-order valence-corrected chi connectivity index (χ2v) is 24.3. The molecule has 0 aromatic heterocycles. The highest BCUT2D eigenvalue weighted by molar-refractivity contribution is 6.32. The summed E-state index contributed by atoms with van der Waals surface area (Å²) >= 11 is 0. The summed E-state index contributed by atoms with van der Waals surface area (Å²) in [6.07, 6.45) is 60.7. The average Bonchev–Trinajstić information content (AvgIpc) is 3.50. The van der Waals surface area contributed by atoms with Gasteiger partial charge in [0.05, 0.1) is 0 Å². The molecule has 0 atom stereocenters. The largest absolute Gasteiger partial charge is 0.507 e. The van der Waals surface area contributed by atoms with Gasteiger partial charge in [-0.2, -0.15) is 0 Å². The normalized spacial score (nSPS) is 11.8. The third-order valence-electron chi connectivity index (χ3n) is 17.8. The number of phenolic OH excluding ortho intramolecular Hbond substituents is 1. The number of unbranched alkanes of at least 4 members (excludes halogenated alkanes) is 35. The summed E-state index contributed by atoms with van der Waals surface area (Å²) in [5, 5.41) is 23.4. The predicted octanol–water partition coefficient (Wildman–Crippen LogP) is 25.5. The molecule has 0 unspecified atom stereocenters. The molecule has 0 aliphatic carbocycles. The first kappa shape index (κ1) is 64.2. The van der Waals surface area contributed by atoms with Gasteiger partial charge in [-0.15, -0.1) is 0 Å². The second-order valence-electron chi connectivity index (χ2n) is 24.3. The first-order valence-electron chi connectivity index (χ1n) is 34.0. The van der Waals surface area contributed by atoms with Crippen LogP contribution in [0, 0.1) is 0 Å². The van der Waals surface area contributed by atoms with Gasteiger partial charge >= 0.3 is 0 Å². The summed E-state index contributed by atoms with van der Waals surface area (Å²) in [4.78, 5) is 0. The minimum absolute atomic E-state index is 0.768. The Hall–Kier alpha value is -3.58. The third kappa shape index (κ3) is 22.5. The molecule has 6 aromatic carbocycles. The van der Waals surface area contributed by atoms with Crippen molar-refractivity contribution in [1.29, 1.82) is 0 Å². The molecule has 0 bridgehead atoms. The number of hydrogen-bond acceptors (Lipinski definition) is 1. The van der Waals surface area contributed by atoms with Gasteiger partial charge in [-0.1, -0.05) is 332 Å². The smallest absolute Gasteiger partial charge is 0.122 e. The predicted molar refractivity (Wildman–Crippen MR) is 347 cm³/mol. The van der Waals surface area contributed by atoms with Crippen molar-refractivity contribution in [2.45, 2.75) is 324 Å². The summed E-state index contributed by atoms with van der Waals surface area (Å²) in [6.45, 7) is 11.6. The van der Waals surface area contributed by atoms with E-state index in [1.807, 2.05) is 0 Å². The number of fused-ring (bicyclic) bond motifs is 2. The maximum atomic E-state index is 12.5. The van der Waals surface area contributed by atoms with E-state index in [1.165, 1.54) is 330 Å². The van der Waals surface area contributed by atoms with E-state index in [9.17, 15) is 5.11 Å². The van der Waals surface area contributed by atoms with Crippen molar-refractivity contribution < 1.29 is 5.11 Å². The van der Waals surface area contributed by atoms with Crippen LogP contribution in [0.3, 0.4) is 0 Å². The number of hydrogen-bond donors (Lipinski definition) is 1. The highest BCUT2D eigenvalue weighted by Crippen LogP contribution is 2.41. The Morgan fingerprint density at radius 3 is 0.623 bits per heavy atom. The molecule has 0 aliphatic heterocycles. The fraction of sp³-hybridized carbons (Fsp3) is 0.658. The molecule has 0 heterocycles. The summed E-state index contributed by atoms with van der Waals surface area (Å²) in [5.41, 5.74) is 7.84. The SMILES string of the molecule is CCCCCCCCCCc1c(O)c(CCCCCCCCCC)c(CCCCCCCCCC)c(CCCCCCCCCC)c1CCCCCCCCCC.c1cc2cccc3c4cccc5cccc(c(c1)c23)c54. The highest BCUT2D eigenvalue weighted by Gasteiger charge is 2.23. The van der Waals surface area contributed by atoms with Crippen molar-refractivity contribution in [3.05, 3.63) is 101 Å². The van der Waals surface area contributed by atoms with Gasteiger partial charge in [0.15, 0.2) is 0 Å².